The second-order valence-corrected chi connectivity index (χ2v) is 8.09. The number of aryl methyl sites for hydroxylation is 1. The van der Waals surface area contributed by atoms with Crippen LogP contribution in [0.15, 0.2) is 12.4 Å². The van der Waals surface area contributed by atoms with Gasteiger partial charge in [0, 0.05) is 57.8 Å². The summed E-state index contributed by atoms with van der Waals surface area (Å²) >= 11 is 0. The molecule has 3 rings (SSSR count). The van der Waals surface area contributed by atoms with Gasteiger partial charge in [-0.1, -0.05) is 6.42 Å². The fourth-order valence-corrected chi connectivity index (χ4v) is 4.16. The third-order valence-electron chi connectivity index (χ3n) is 5.55. The number of amides is 2. The first kappa shape index (κ1) is 20.8. The molecular weight excluding hydrogens is 358 g/mol. The van der Waals surface area contributed by atoms with Crippen LogP contribution in [-0.2, 0) is 21.4 Å². The zero-order valence-electron chi connectivity index (χ0n) is 17.3. The number of nitrogens with zero attached hydrogens (tertiary/aromatic N) is 5. The molecule has 3 heterocycles. The first-order chi connectivity index (χ1) is 13.5. The first-order valence-electron chi connectivity index (χ1n) is 10.3. The van der Waals surface area contributed by atoms with Gasteiger partial charge >= 0.3 is 0 Å². The molecule has 0 aromatic carbocycles. The van der Waals surface area contributed by atoms with Gasteiger partial charge in [0.2, 0.25) is 11.8 Å². The van der Waals surface area contributed by atoms with Gasteiger partial charge < -0.3 is 19.4 Å². The van der Waals surface area contributed by atoms with Crippen LogP contribution in [0.25, 0.3) is 0 Å². The second-order valence-electron chi connectivity index (χ2n) is 8.09. The lowest BCUT2D eigenvalue weighted by atomic mass is 10.00. The molecule has 28 heavy (non-hydrogen) atoms. The Morgan fingerprint density at radius 1 is 1.29 bits per heavy atom. The number of hydrogen-bond donors (Lipinski definition) is 0. The topological polar surface area (TPSA) is 70.9 Å². The number of carbonyl (C=O) groups is 2. The van der Waals surface area contributed by atoms with Crippen molar-refractivity contribution in [2.45, 2.75) is 44.2 Å². The van der Waals surface area contributed by atoms with Crippen LogP contribution in [0.4, 0.5) is 0 Å². The summed E-state index contributed by atoms with van der Waals surface area (Å²) in [5, 5.41) is 4.30. The Kier molecular flexibility index (Phi) is 7.07. The summed E-state index contributed by atoms with van der Waals surface area (Å²) in [5.74, 6) is 0.263. The smallest absolute Gasteiger partial charge is 0.225 e. The van der Waals surface area contributed by atoms with E-state index in [0.29, 0.717) is 32.5 Å². The fourth-order valence-electron chi connectivity index (χ4n) is 4.16. The highest BCUT2D eigenvalue weighted by Crippen LogP contribution is 2.30. The molecule has 0 unspecified atom stereocenters. The molecule has 2 saturated heterocycles. The lowest BCUT2D eigenvalue weighted by Gasteiger charge is -2.42. The summed E-state index contributed by atoms with van der Waals surface area (Å²) in [6, 6.07) is -0.155. The maximum Gasteiger partial charge on any atom is 0.225 e. The number of likely N-dealkylation sites (tertiary alicyclic amines) is 1. The summed E-state index contributed by atoms with van der Waals surface area (Å²) in [5.41, 5.74) is 0.994. The molecule has 0 spiro atoms. The molecule has 2 fully saturated rings. The van der Waals surface area contributed by atoms with Crippen molar-refractivity contribution in [2.75, 3.05) is 46.9 Å². The average molecular weight is 392 g/mol. The molecule has 2 aliphatic heterocycles. The second kappa shape index (κ2) is 9.52. The summed E-state index contributed by atoms with van der Waals surface area (Å²) in [4.78, 5) is 31.2. The molecule has 8 heteroatoms. The number of rotatable bonds is 6. The van der Waals surface area contributed by atoms with Crippen LogP contribution >= 0.6 is 0 Å². The number of hydrogen-bond acceptors (Lipinski definition) is 5. The lowest BCUT2D eigenvalue weighted by molar-refractivity contribution is -0.148. The Morgan fingerprint density at radius 3 is 2.82 bits per heavy atom. The van der Waals surface area contributed by atoms with Gasteiger partial charge in [-0.3, -0.25) is 14.3 Å². The molecule has 8 nitrogen and oxygen atoms in total. The fraction of sp³-hybridized carbons (Fsp3) is 0.750. The molecular formula is C20H33N5O3. The van der Waals surface area contributed by atoms with Gasteiger partial charge in [0.05, 0.1) is 24.9 Å². The zero-order chi connectivity index (χ0) is 20.1. The van der Waals surface area contributed by atoms with Crippen molar-refractivity contribution in [2.24, 2.45) is 7.05 Å². The molecule has 2 aliphatic rings. The van der Waals surface area contributed by atoms with Crippen LogP contribution in [-0.4, -0.2) is 89.3 Å². The van der Waals surface area contributed by atoms with Crippen molar-refractivity contribution < 1.29 is 14.3 Å². The van der Waals surface area contributed by atoms with Gasteiger partial charge in [-0.25, -0.2) is 0 Å². The predicted molar refractivity (Wildman–Crippen MR) is 106 cm³/mol. The first-order valence-corrected chi connectivity index (χ1v) is 10.3. The Morgan fingerprint density at radius 2 is 2.11 bits per heavy atom. The van der Waals surface area contributed by atoms with Crippen molar-refractivity contribution in [3.63, 3.8) is 0 Å². The minimum Gasteiger partial charge on any atom is -0.373 e. The Bertz CT molecular complexity index is 675. The highest BCUT2D eigenvalue weighted by molar-refractivity contribution is 5.79. The Hall–Kier alpha value is -1.93. The van der Waals surface area contributed by atoms with E-state index in [9.17, 15) is 9.59 Å². The SMILES string of the molecule is CN(C)C[C@@H]1OCCN(C(=O)CCN2CCCCCC2=O)[C@H]1c1cnn(C)c1. The summed E-state index contributed by atoms with van der Waals surface area (Å²) in [7, 11) is 5.90. The van der Waals surface area contributed by atoms with Crippen LogP contribution in [0.5, 0.6) is 0 Å². The van der Waals surface area contributed by atoms with E-state index in [0.717, 1.165) is 37.9 Å². The quantitative estimate of drug-likeness (QED) is 0.725. The van der Waals surface area contributed by atoms with E-state index in [4.69, 9.17) is 4.74 Å². The monoisotopic (exact) mass is 391 g/mol. The zero-order valence-corrected chi connectivity index (χ0v) is 17.3. The molecule has 0 saturated carbocycles. The summed E-state index contributed by atoms with van der Waals surface area (Å²) in [6.07, 6.45) is 7.72. The maximum atomic E-state index is 13.1. The third-order valence-corrected chi connectivity index (χ3v) is 5.55. The molecule has 0 N–H and O–H groups in total. The van der Waals surface area contributed by atoms with Crippen molar-refractivity contribution in [1.82, 2.24) is 24.5 Å². The lowest BCUT2D eigenvalue weighted by Crippen LogP contribution is -2.51. The summed E-state index contributed by atoms with van der Waals surface area (Å²) in [6.45, 7) is 3.10. The molecule has 0 radical (unpaired) electrons. The van der Waals surface area contributed by atoms with E-state index >= 15 is 0 Å². The normalized spacial score (nSPS) is 23.9. The minimum atomic E-state index is -0.155. The van der Waals surface area contributed by atoms with E-state index in [2.05, 4.69) is 10.00 Å². The van der Waals surface area contributed by atoms with E-state index in [1.54, 1.807) is 4.68 Å². The van der Waals surface area contributed by atoms with E-state index in [1.165, 1.54) is 0 Å². The molecule has 0 bridgehead atoms. The number of carbonyl (C=O) groups excluding carboxylic acids is 2. The average Bonchev–Trinajstić information content (AvgIpc) is 2.97. The van der Waals surface area contributed by atoms with E-state index in [1.807, 2.05) is 43.3 Å². The number of likely N-dealkylation sites (N-methyl/N-ethyl adjacent to an activating group) is 1. The molecule has 2 atom stereocenters. The van der Waals surface area contributed by atoms with Crippen LogP contribution < -0.4 is 0 Å². The number of aromatic nitrogens is 2. The van der Waals surface area contributed by atoms with Crippen LogP contribution in [0, 0.1) is 0 Å². The molecule has 2 amide bonds. The van der Waals surface area contributed by atoms with Crippen LogP contribution in [0.1, 0.15) is 43.7 Å². The van der Waals surface area contributed by atoms with Gasteiger partial charge in [-0.05, 0) is 26.9 Å². The van der Waals surface area contributed by atoms with Gasteiger partial charge in [0.25, 0.3) is 0 Å². The third kappa shape index (κ3) is 5.11. The number of morpholine rings is 1. The van der Waals surface area contributed by atoms with Crippen LogP contribution in [0.3, 0.4) is 0 Å². The van der Waals surface area contributed by atoms with Crippen molar-refractivity contribution in [1.29, 1.82) is 0 Å². The maximum absolute atomic E-state index is 13.1. The van der Waals surface area contributed by atoms with Gasteiger partial charge in [-0.15, -0.1) is 0 Å². The van der Waals surface area contributed by atoms with Crippen LogP contribution in [0.2, 0.25) is 0 Å². The summed E-state index contributed by atoms with van der Waals surface area (Å²) < 4.78 is 7.80. The van der Waals surface area contributed by atoms with E-state index < -0.39 is 0 Å². The van der Waals surface area contributed by atoms with Gasteiger partial charge in [0.15, 0.2) is 0 Å². The van der Waals surface area contributed by atoms with Gasteiger partial charge in [0.1, 0.15) is 0 Å². The number of ether oxygens (including phenoxy) is 1. The molecule has 156 valence electrons. The Labute approximate surface area is 167 Å². The standard InChI is InChI=1S/C20H33N5O3/c1-22(2)15-17-20(16-13-21-23(3)14-16)25(11-12-28-17)19(27)8-10-24-9-6-4-5-7-18(24)26/h13-14,17,20H,4-12,15H2,1-3H3/t17-,20-/m0/s1. The predicted octanol–water partition coefficient (Wildman–Crippen LogP) is 1.04. The van der Waals surface area contributed by atoms with Crippen molar-refractivity contribution >= 4 is 11.8 Å². The Balaban J connectivity index is 1.71. The minimum absolute atomic E-state index is 0.0814. The highest BCUT2D eigenvalue weighted by Gasteiger charge is 2.37. The van der Waals surface area contributed by atoms with Crippen molar-refractivity contribution in [3.8, 4) is 0 Å². The van der Waals surface area contributed by atoms with Crippen molar-refractivity contribution in [3.05, 3.63) is 18.0 Å². The molecule has 0 aliphatic carbocycles. The van der Waals surface area contributed by atoms with Gasteiger partial charge in [-0.2, -0.15) is 5.10 Å². The largest absolute Gasteiger partial charge is 0.373 e. The molecule has 1 aromatic heterocycles. The molecule has 1 aromatic rings. The highest BCUT2D eigenvalue weighted by atomic mass is 16.5. The van der Waals surface area contributed by atoms with E-state index in [-0.39, 0.29) is 24.0 Å².